The maximum atomic E-state index is 10.3. The molecule has 3 atom stereocenters. The van der Waals surface area contributed by atoms with Crippen LogP contribution in [0.3, 0.4) is 0 Å². The van der Waals surface area contributed by atoms with Crippen molar-refractivity contribution in [1.82, 2.24) is 0 Å². The highest BCUT2D eigenvalue weighted by Crippen LogP contribution is 2.09. The van der Waals surface area contributed by atoms with Crippen LogP contribution in [0.2, 0.25) is 0 Å². The van der Waals surface area contributed by atoms with Crippen LogP contribution in [0, 0.1) is 5.92 Å². The summed E-state index contributed by atoms with van der Waals surface area (Å²) in [7, 11) is 0. The van der Waals surface area contributed by atoms with Gasteiger partial charge in [0.15, 0.2) is 6.10 Å². The van der Waals surface area contributed by atoms with E-state index in [1.54, 1.807) is 0 Å². The van der Waals surface area contributed by atoms with Crippen molar-refractivity contribution < 1.29 is 44.7 Å². The van der Waals surface area contributed by atoms with Gasteiger partial charge in [-0.25, -0.2) is 4.79 Å². The van der Waals surface area contributed by atoms with Crippen LogP contribution in [-0.2, 0) is 19.2 Å². The van der Waals surface area contributed by atoms with Gasteiger partial charge in [0.1, 0.15) is 12.0 Å². The normalized spacial score (nSPS) is 13.9. The van der Waals surface area contributed by atoms with Crippen molar-refractivity contribution >= 4 is 23.9 Å². The first-order valence-electron chi connectivity index (χ1n) is 6.58. The molecule has 2 unspecified atom stereocenters. The van der Waals surface area contributed by atoms with Gasteiger partial charge in [0.25, 0.3) is 0 Å². The van der Waals surface area contributed by atoms with Crippen molar-refractivity contribution in [2.75, 3.05) is 6.54 Å². The van der Waals surface area contributed by atoms with E-state index in [9.17, 15) is 19.2 Å². The van der Waals surface area contributed by atoms with Gasteiger partial charge in [-0.15, -0.1) is 0 Å². The second-order valence-electron chi connectivity index (χ2n) is 4.55. The third kappa shape index (κ3) is 12.0. The van der Waals surface area contributed by atoms with Gasteiger partial charge in [-0.2, -0.15) is 0 Å². The number of nitrogens with two attached hydrogens (primary N) is 2. The molecule has 9 N–H and O–H groups in total. The van der Waals surface area contributed by atoms with E-state index in [-0.39, 0.29) is 0 Å². The fourth-order valence-corrected chi connectivity index (χ4v) is 1.33. The van der Waals surface area contributed by atoms with Crippen molar-refractivity contribution in [2.24, 2.45) is 17.4 Å². The number of carbonyl (C=O) groups is 4. The minimum Gasteiger partial charge on any atom is -0.481 e. The molecule has 11 nitrogen and oxygen atoms in total. The molecule has 11 heteroatoms. The fourth-order valence-electron chi connectivity index (χ4n) is 1.33. The molecule has 0 aromatic carbocycles. The van der Waals surface area contributed by atoms with Crippen molar-refractivity contribution in [3.63, 3.8) is 0 Å². The van der Waals surface area contributed by atoms with E-state index < -0.39 is 48.4 Å². The maximum absolute atomic E-state index is 10.3. The highest BCUT2D eigenvalue weighted by molar-refractivity contribution is 5.85. The number of hydrogen-bond acceptors (Lipinski definition) is 7. The summed E-state index contributed by atoms with van der Waals surface area (Å²) < 4.78 is 0. The van der Waals surface area contributed by atoms with Crippen LogP contribution in [0.1, 0.15) is 25.7 Å². The molecule has 0 aliphatic carbocycles. The lowest BCUT2D eigenvalue weighted by Gasteiger charge is -2.12. The molecule has 0 aromatic heterocycles. The Kier molecular flexibility index (Phi) is 12.3. The lowest BCUT2D eigenvalue weighted by Crippen LogP contribution is -2.36. The van der Waals surface area contributed by atoms with E-state index in [1.165, 1.54) is 0 Å². The largest absolute Gasteiger partial charge is 0.481 e. The molecule has 0 bridgehead atoms. The van der Waals surface area contributed by atoms with Crippen LogP contribution in [0.15, 0.2) is 0 Å². The second kappa shape index (κ2) is 12.3. The number of aliphatic hydroxyl groups excluding tert-OH is 1. The Balaban J connectivity index is 0. The topological polar surface area (TPSA) is 221 Å². The van der Waals surface area contributed by atoms with Gasteiger partial charge in [-0.3, -0.25) is 14.4 Å². The molecule has 0 fully saturated rings. The summed E-state index contributed by atoms with van der Waals surface area (Å²) in [6, 6.07) is -0.716. The molecule has 0 radical (unpaired) electrons. The molecule has 0 aliphatic heterocycles. The third-order valence-electron chi connectivity index (χ3n) is 2.63. The highest BCUT2D eigenvalue weighted by atomic mass is 16.4. The van der Waals surface area contributed by atoms with Crippen molar-refractivity contribution in [2.45, 2.75) is 37.8 Å². The minimum atomic E-state index is -2.20. The zero-order chi connectivity index (χ0) is 18.6. The van der Waals surface area contributed by atoms with Gasteiger partial charge in [0, 0.05) is 0 Å². The monoisotopic (exact) mass is 338 g/mol. The molecular weight excluding hydrogens is 316 g/mol. The number of hydrogen-bond donors (Lipinski definition) is 7. The van der Waals surface area contributed by atoms with Crippen molar-refractivity contribution in [3.8, 4) is 0 Å². The average Bonchev–Trinajstić information content (AvgIpc) is 2.44. The van der Waals surface area contributed by atoms with Crippen molar-refractivity contribution in [1.29, 1.82) is 0 Å². The van der Waals surface area contributed by atoms with Gasteiger partial charge >= 0.3 is 23.9 Å². The quantitative estimate of drug-likeness (QED) is 0.218. The Hall–Kier alpha value is -2.24. The predicted molar refractivity (Wildman–Crippen MR) is 75.5 cm³/mol. The van der Waals surface area contributed by atoms with Crippen LogP contribution in [0.4, 0.5) is 0 Å². The Labute approximate surface area is 131 Å². The summed E-state index contributed by atoms with van der Waals surface area (Å²) in [5.41, 5.74) is 10.4. The first kappa shape index (κ1) is 23.0. The summed E-state index contributed by atoms with van der Waals surface area (Å²) in [5.74, 6) is -7.65. The third-order valence-corrected chi connectivity index (χ3v) is 2.63. The fraction of sp³-hybridized carbons (Fsp3) is 0.667. The zero-order valence-corrected chi connectivity index (χ0v) is 12.3. The predicted octanol–water partition coefficient (Wildman–Crippen LogP) is -1.87. The number of carboxylic acids is 4. The summed E-state index contributed by atoms with van der Waals surface area (Å²) in [6.45, 7) is 0.604. The number of aliphatic hydroxyl groups is 1. The number of rotatable bonds is 10. The van der Waals surface area contributed by atoms with Crippen LogP contribution in [0.5, 0.6) is 0 Å². The average molecular weight is 338 g/mol. The second-order valence-corrected chi connectivity index (χ2v) is 4.55. The number of carboxylic acid groups (broad SMARTS) is 4. The SMILES string of the molecule is NCCCC[C@H](N)C(=O)O.O=C(O)CC(C(=O)O)C(O)C(=O)O. The van der Waals surface area contributed by atoms with Gasteiger partial charge in [-0.05, 0) is 19.4 Å². The van der Waals surface area contributed by atoms with E-state index in [1.807, 2.05) is 0 Å². The summed E-state index contributed by atoms with van der Waals surface area (Å²) >= 11 is 0. The molecule has 23 heavy (non-hydrogen) atoms. The number of unbranched alkanes of at least 4 members (excludes halogenated alkanes) is 1. The Bertz CT molecular complexity index is 413. The molecule has 0 rings (SSSR count). The van der Waals surface area contributed by atoms with Crippen LogP contribution in [0.25, 0.3) is 0 Å². The number of aliphatic carboxylic acids is 4. The smallest absolute Gasteiger partial charge is 0.333 e. The first-order chi connectivity index (χ1) is 10.5. The highest BCUT2D eigenvalue weighted by Gasteiger charge is 2.33. The van der Waals surface area contributed by atoms with E-state index in [4.69, 9.17) is 37.0 Å². The Morgan fingerprint density at radius 3 is 1.70 bits per heavy atom. The molecule has 0 aliphatic rings. The molecule has 0 spiro atoms. The van der Waals surface area contributed by atoms with E-state index in [0.29, 0.717) is 13.0 Å². The Morgan fingerprint density at radius 1 is 0.870 bits per heavy atom. The van der Waals surface area contributed by atoms with E-state index in [2.05, 4.69) is 0 Å². The Morgan fingerprint density at radius 2 is 1.39 bits per heavy atom. The maximum Gasteiger partial charge on any atom is 0.333 e. The van der Waals surface area contributed by atoms with Crippen molar-refractivity contribution in [3.05, 3.63) is 0 Å². The summed E-state index contributed by atoms with van der Waals surface area (Å²) in [5, 5.41) is 41.8. The zero-order valence-electron chi connectivity index (χ0n) is 12.3. The minimum absolute atomic E-state index is 0.520. The van der Waals surface area contributed by atoms with E-state index >= 15 is 0 Å². The van der Waals surface area contributed by atoms with Gasteiger partial charge in [0.05, 0.1) is 6.42 Å². The molecule has 0 heterocycles. The van der Waals surface area contributed by atoms with Crippen LogP contribution in [-0.4, -0.2) is 68.1 Å². The summed E-state index contributed by atoms with van der Waals surface area (Å²) in [6.07, 6.45) is -0.964. The standard InChI is InChI=1S/C6H14N2O2.C6H8O7/c7-4-2-1-3-5(8)6(9)10;7-3(8)1-2(5(10)11)4(9)6(12)13/h5H,1-4,7-8H2,(H,9,10);2,4,9H,1H2,(H,7,8)(H,10,11)(H,12,13)/t5-;/m0./s1. The molecule has 0 saturated heterocycles. The van der Waals surface area contributed by atoms with Crippen LogP contribution >= 0.6 is 0 Å². The molecular formula is C12H22N2O9. The van der Waals surface area contributed by atoms with E-state index in [0.717, 1.165) is 12.8 Å². The molecule has 0 aromatic rings. The molecule has 0 saturated carbocycles. The van der Waals surface area contributed by atoms with Gasteiger partial charge in [-0.1, -0.05) is 6.42 Å². The summed E-state index contributed by atoms with van der Waals surface area (Å²) in [4.78, 5) is 40.6. The lowest BCUT2D eigenvalue weighted by molar-refractivity contribution is -0.162. The van der Waals surface area contributed by atoms with Gasteiger partial charge < -0.3 is 37.0 Å². The first-order valence-corrected chi connectivity index (χ1v) is 6.58. The van der Waals surface area contributed by atoms with Crippen LogP contribution < -0.4 is 11.5 Å². The molecule has 134 valence electrons. The van der Waals surface area contributed by atoms with Gasteiger partial charge in [0.2, 0.25) is 0 Å². The lowest BCUT2D eigenvalue weighted by atomic mass is 9.99. The molecule has 0 amide bonds.